The van der Waals surface area contributed by atoms with E-state index in [2.05, 4.69) is 10.3 Å². The van der Waals surface area contributed by atoms with Crippen LogP contribution >= 0.6 is 0 Å². The summed E-state index contributed by atoms with van der Waals surface area (Å²) in [5.74, 6) is -1.55. The van der Waals surface area contributed by atoms with Crippen LogP contribution < -0.4 is 5.32 Å². The predicted octanol–water partition coefficient (Wildman–Crippen LogP) is 1.05. The van der Waals surface area contributed by atoms with Crippen LogP contribution in [0, 0.1) is 0 Å². The van der Waals surface area contributed by atoms with Crippen molar-refractivity contribution in [3.63, 3.8) is 0 Å². The van der Waals surface area contributed by atoms with Crippen molar-refractivity contribution in [2.45, 2.75) is 19.3 Å². The second kappa shape index (κ2) is 5.34. The molecule has 0 bridgehead atoms. The smallest absolute Gasteiger partial charge is 0.328 e. The summed E-state index contributed by atoms with van der Waals surface area (Å²) < 4.78 is 0. The van der Waals surface area contributed by atoms with Gasteiger partial charge in [0.1, 0.15) is 0 Å². The Hall–Kier alpha value is -2.04. The van der Waals surface area contributed by atoms with Crippen LogP contribution in [0.25, 0.3) is 0 Å². The molecule has 0 spiro atoms. The van der Waals surface area contributed by atoms with Crippen molar-refractivity contribution in [1.29, 1.82) is 0 Å². The van der Waals surface area contributed by atoms with Gasteiger partial charge in [0.05, 0.1) is 0 Å². The highest BCUT2D eigenvalue weighted by molar-refractivity contribution is 5.93. The Balaban J connectivity index is 2.50. The van der Waals surface area contributed by atoms with E-state index in [0.717, 1.165) is 17.8 Å². The first-order chi connectivity index (χ1) is 7.92. The largest absolute Gasteiger partial charge is 0.478 e. The standard InChI is InChI=1S/C12H16N2O3/c1-12(2,9-4-3-7-13-9)8-14-10(15)5-6-11(16)17/h3-7,13H,8H2,1-2H3,(H,14,15)(H,16,17)/b6-5+. The molecule has 0 aliphatic rings. The fraction of sp³-hybridized carbons (Fsp3) is 0.333. The molecule has 0 aliphatic carbocycles. The summed E-state index contributed by atoms with van der Waals surface area (Å²) in [4.78, 5) is 24.6. The van der Waals surface area contributed by atoms with Gasteiger partial charge in [-0.3, -0.25) is 4.79 Å². The van der Waals surface area contributed by atoms with E-state index in [4.69, 9.17) is 5.11 Å². The van der Waals surface area contributed by atoms with Crippen molar-refractivity contribution in [2.24, 2.45) is 0 Å². The van der Waals surface area contributed by atoms with E-state index in [9.17, 15) is 9.59 Å². The number of carbonyl (C=O) groups is 2. The molecule has 1 heterocycles. The van der Waals surface area contributed by atoms with Gasteiger partial charge in [0.2, 0.25) is 5.91 Å². The Kier molecular flexibility index (Phi) is 4.09. The lowest BCUT2D eigenvalue weighted by molar-refractivity contribution is -0.131. The topological polar surface area (TPSA) is 82.2 Å². The molecule has 1 aromatic heterocycles. The Labute approximate surface area is 99.5 Å². The zero-order chi connectivity index (χ0) is 12.9. The SMILES string of the molecule is CC(C)(CNC(=O)/C=C/C(=O)O)c1ccc[nH]1. The number of hydrogen-bond acceptors (Lipinski definition) is 2. The third-order valence-electron chi connectivity index (χ3n) is 2.41. The number of amides is 1. The quantitative estimate of drug-likeness (QED) is 0.668. The summed E-state index contributed by atoms with van der Waals surface area (Å²) in [6.07, 6.45) is 3.65. The van der Waals surface area contributed by atoms with Crippen LogP contribution in [0.15, 0.2) is 30.5 Å². The van der Waals surface area contributed by atoms with Gasteiger partial charge in [0.15, 0.2) is 0 Å². The number of aliphatic carboxylic acids is 1. The Bertz CT molecular complexity index is 419. The van der Waals surface area contributed by atoms with Crippen molar-refractivity contribution < 1.29 is 14.7 Å². The number of H-pyrrole nitrogens is 1. The normalized spacial score (nSPS) is 11.6. The molecule has 0 radical (unpaired) electrons. The molecule has 5 heteroatoms. The number of carbonyl (C=O) groups excluding carboxylic acids is 1. The molecule has 0 unspecified atom stereocenters. The molecular weight excluding hydrogens is 220 g/mol. The number of hydrogen-bond donors (Lipinski definition) is 3. The molecule has 3 N–H and O–H groups in total. The molecular formula is C12H16N2O3. The number of aromatic amines is 1. The van der Waals surface area contributed by atoms with Crippen LogP contribution in [0.5, 0.6) is 0 Å². The second-order valence-electron chi connectivity index (χ2n) is 4.36. The number of carboxylic acids is 1. The van der Waals surface area contributed by atoms with Gasteiger partial charge in [0, 0.05) is 36.0 Å². The van der Waals surface area contributed by atoms with Gasteiger partial charge < -0.3 is 15.4 Å². The van der Waals surface area contributed by atoms with Gasteiger partial charge >= 0.3 is 5.97 Å². The average Bonchev–Trinajstić information content (AvgIpc) is 2.77. The Morgan fingerprint density at radius 1 is 1.47 bits per heavy atom. The van der Waals surface area contributed by atoms with Crippen molar-refractivity contribution >= 4 is 11.9 Å². The van der Waals surface area contributed by atoms with Gasteiger partial charge in [-0.15, -0.1) is 0 Å². The van der Waals surface area contributed by atoms with Gasteiger partial charge in [-0.1, -0.05) is 13.8 Å². The minimum Gasteiger partial charge on any atom is -0.478 e. The van der Waals surface area contributed by atoms with Crippen molar-refractivity contribution in [3.8, 4) is 0 Å². The molecule has 0 saturated carbocycles. The summed E-state index contributed by atoms with van der Waals surface area (Å²) in [6, 6.07) is 3.84. The summed E-state index contributed by atoms with van der Waals surface area (Å²) >= 11 is 0. The zero-order valence-corrected chi connectivity index (χ0v) is 9.86. The van der Waals surface area contributed by atoms with Crippen LogP contribution in [0.1, 0.15) is 19.5 Å². The number of rotatable bonds is 5. The van der Waals surface area contributed by atoms with Crippen LogP contribution in [0.2, 0.25) is 0 Å². The van der Waals surface area contributed by atoms with E-state index in [1.807, 2.05) is 32.2 Å². The van der Waals surface area contributed by atoms with E-state index in [1.54, 1.807) is 0 Å². The molecule has 5 nitrogen and oxygen atoms in total. The highest BCUT2D eigenvalue weighted by Crippen LogP contribution is 2.19. The van der Waals surface area contributed by atoms with Gasteiger partial charge in [0.25, 0.3) is 0 Å². The van der Waals surface area contributed by atoms with Crippen LogP contribution in [0.4, 0.5) is 0 Å². The maximum Gasteiger partial charge on any atom is 0.328 e. The van der Waals surface area contributed by atoms with Crippen LogP contribution in [-0.2, 0) is 15.0 Å². The molecule has 0 fully saturated rings. The average molecular weight is 236 g/mol. The lowest BCUT2D eigenvalue weighted by atomic mass is 9.89. The number of aromatic nitrogens is 1. The molecule has 0 aliphatic heterocycles. The number of nitrogens with one attached hydrogen (secondary N) is 2. The highest BCUT2D eigenvalue weighted by Gasteiger charge is 2.21. The highest BCUT2D eigenvalue weighted by atomic mass is 16.4. The predicted molar refractivity (Wildman–Crippen MR) is 63.6 cm³/mol. The fourth-order valence-electron chi connectivity index (χ4n) is 1.36. The number of carboxylic acid groups (broad SMARTS) is 1. The third kappa shape index (κ3) is 4.14. The minimum atomic E-state index is -1.14. The molecule has 0 atom stereocenters. The van der Waals surface area contributed by atoms with E-state index < -0.39 is 11.9 Å². The molecule has 0 saturated heterocycles. The first-order valence-corrected chi connectivity index (χ1v) is 5.24. The molecule has 0 aromatic carbocycles. The Morgan fingerprint density at radius 3 is 2.71 bits per heavy atom. The summed E-state index contributed by atoms with van der Waals surface area (Å²) in [7, 11) is 0. The molecule has 92 valence electrons. The van der Waals surface area contributed by atoms with Crippen molar-refractivity contribution in [1.82, 2.24) is 10.3 Å². The lowest BCUT2D eigenvalue weighted by Gasteiger charge is -2.23. The van der Waals surface area contributed by atoms with E-state index >= 15 is 0 Å². The van der Waals surface area contributed by atoms with E-state index in [-0.39, 0.29) is 5.41 Å². The Morgan fingerprint density at radius 2 is 2.18 bits per heavy atom. The third-order valence-corrected chi connectivity index (χ3v) is 2.41. The maximum atomic E-state index is 11.3. The molecule has 17 heavy (non-hydrogen) atoms. The van der Waals surface area contributed by atoms with Crippen molar-refractivity contribution in [3.05, 3.63) is 36.2 Å². The summed E-state index contributed by atoms with van der Waals surface area (Å²) in [5, 5.41) is 11.0. The monoisotopic (exact) mass is 236 g/mol. The van der Waals surface area contributed by atoms with Crippen molar-refractivity contribution in [2.75, 3.05) is 6.54 Å². The lowest BCUT2D eigenvalue weighted by Crippen LogP contribution is -2.36. The van der Waals surface area contributed by atoms with Gasteiger partial charge in [-0.25, -0.2) is 4.79 Å². The maximum absolute atomic E-state index is 11.3. The first kappa shape index (κ1) is 13.0. The summed E-state index contributed by atoms with van der Waals surface area (Å²) in [5.41, 5.74) is 0.788. The van der Waals surface area contributed by atoms with E-state index in [1.165, 1.54) is 0 Å². The van der Waals surface area contributed by atoms with Crippen LogP contribution in [-0.4, -0.2) is 28.5 Å². The molecule has 1 amide bonds. The summed E-state index contributed by atoms with van der Waals surface area (Å²) in [6.45, 7) is 4.40. The van der Waals surface area contributed by atoms with Gasteiger partial charge in [-0.05, 0) is 12.1 Å². The van der Waals surface area contributed by atoms with E-state index in [0.29, 0.717) is 6.54 Å². The molecule has 1 aromatic rings. The van der Waals surface area contributed by atoms with Crippen LogP contribution in [0.3, 0.4) is 0 Å². The second-order valence-corrected chi connectivity index (χ2v) is 4.36. The molecule has 1 rings (SSSR count). The fourth-order valence-corrected chi connectivity index (χ4v) is 1.36. The first-order valence-electron chi connectivity index (χ1n) is 5.24. The van der Waals surface area contributed by atoms with Gasteiger partial charge in [-0.2, -0.15) is 0 Å². The minimum absolute atomic E-state index is 0.226. The zero-order valence-electron chi connectivity index (χ0n) is 9.86.